The van der Waals surface area contributed by atoms with Crippen LogP contribution in [0.25, 0.3) is 0 Å². The molecule has 2 N–H and O–H groups in total. The van der Waals surface area contributed by atoms with Gasteiger partial charge in [-0.15, -0.1) is 10.2 Å². The third-order valence-electron chi connectivity index (χ3n) is 4.67. The molecule has 2 aliphatic rings. The molecule has 2 fully saturated rings. The van der Waals surface area contributed by atoms with Gasteiger partial charge in [-0.1, -0.05) is 0 Å². The highest BCUT2D eigenvalue weighted by molar-refractivity contribution is 5.08. The van der Waals surface area contributed by atoms with Crippen molar-refractivity contribution < 1.29 is 0 Å². The fraction of sp³-hybridized carbons (Fsp3) is 0.857. The monoisotopic (exact) mass is 278 g/mol. The minimum absolute atomic E-state index is 0.364. The van der Waals surface area contributed by atoms with E-state index in [-0.39, 0.29) is 0 Å². The van der Waals surface area contributed by atoms with Gasteiger partial charge in [0, 0.05) is 44.7 Å². The van der Waals surface area contributed by atoms with Crippen LogP contribution in [0.3, 0.4) is 0 Å². The van der Waals surface area contributed by atoms with Gasteiger partial charge in [0.2, 0.25) is 0 Å². The van der Waals surface area contributed by atoms with Gasteiger partial charge in [0.25, 0.3) is 0 Å². The van der Waals surface area contributed by atoms with Crippen molar-refractivity contribution in [1.82, 2.24) is 24.6 Å². The molecule has 1 aromatic heterocycles. The lowest BCUT2D eigenvalue weighted by Gasteiger charge is -2.33. The molecule has 0 bridgehead atoms. The molecule has 1 saturated heterocycles. The lowest BCUT2D eigenvalue weighted by atomic mass is 9.80. The minimum Gasteiger partial charge on any atom is -0.328 e. The van der Waals surface area contributed by atoms with Crippen LogP contribution in [0, 0.1) is 0 Å². The largest absolute Gasteiger partial charge is 0.328 e. The Bertz CT molecular complexity index is 443. The van der Waals surface area contributed by atoms with Crippen molar-refractivity contribution >= 4 is 0 Å². The van der Waals surface area contributed by atoms with Gasteiger partial charge in [-0.05, 0) is 26.8 Å². The molecule has 2 heterocycles. The third-order valence-corrected chi connectivity index (χ3v) is 4.67. The summed E-state index contributed by atoms with van der Waals surface area (Å²) in [7, 11) is 2.18. The first-order valence-corrected chi connectivity index (χ1v) is 7.75. The van der Waals surface area contributed by atoms with Gasteiger partial charge in [0.05, 0.1) is 6.54 Å². The van der Waals surface area contributed by atoms with Crippen LogP contribution in [0.15, 0.2) is 0 Å². The molecule has 0 amide bonds. The van der Waals surface area contributed by atoms with E-state index < -0.39 is 0 Å². The number of nitrogens with two attached hydrogens (primary N) is 1. The molecule has 0 spiro atoms. The number of aromatic nitrogens is 3. The van der Waals surface area contributed by atoms with Crippen molar-refractivity contribution in [2.45, 2.75) is 44.8 Å². The summed E-state index contributed by atoms with van der Waals surface area (Å²) in [6.45, 7) is 8.59. The minimum atomic E-state index is 0.364. The van der Waals surface area contributed by atoms with Crippen LogP contribution in [0.2, 0.25) is 0 Å². The topological polar surface area (TPSA) is 63.2 Å². The van der Waals surface area contributed by atoms with E-state index in [1.54, 1.807) is 0 Å². The standard InChI is InChI=1S/C14H26N6/c1-3-20-13(10-19-6-4-18(2)5-7-19)16-17-14(20)11-8-12(15)9-11/h11-12H,3-10,15H2,1-2H3. The average molecular weight is 278 g/mol. The van der Waals surface area contributed by atoms with Crippen molar-refractivity contribution in [3.05, 3.63) is 11.6 Å². The van der Waals surface area contributed by atoms with Crippen molar-refractivity contribution in [2.24, 2.45) is 5.73 Å². The second-order valence-electron chi connectivity index (χ2n) is 6.23. The van der Waals surface area contributed by atoms with Crippen LogP contribution in [-0.2, 0) is 13.1 Å². The Hall–Kier alpha value is -0.980. The molecule has 0 radical (unpaired) electrons. The maximum Gasteiger partial charge on any atom is 0.147 e. The van der Waals surface area contributed by atoms with E-state index in [0.29, 0.717) is 12.0 Å². The Morgan fingerprint density at radius 2 is 1.85 bits per heavy atom. The quantitative estimate of drug-likeness (QED) is 0.855. The van der Waals surface area contributed by atoms with Gasteiger partial charge in [-0.25, -0.2) is 0 Å². The van der Waals surface area contributed by atoms with E-state index in [1.807, 2.05) is 0 Å². The second-order valence-corrected chi connectivity index (χ2v) is 6.23. The smallest absolute Gasteiger partial charge is 0.147 e. The Morgan fingerprint density at radius 1 is 1.15 bits per heavy atom. The molecule has 6 heteroatoms. The van der Waals surface area contributed by atoms with Crippen LogP contribution in [0.1, 0.15) is 37.3 Å². The number of likely N-dealkylation sites (N-methyl/N-ethyl adjacent to an activating group) is 1. The summed E-state index contributed by atoms with van der Waals surface area (Å²) < 4.78 is 2.30. The summed E-state index contributed by atoms with van der Waals surface area (Å²) in [6, 6.07) is 0.364. The van der Waals surface area contributed by atoms with E-state index in [4.69, 9.17) is 5.73 Å². The van der Waals surface area contributed by atoms with Crippen LogP contribution < -0.4 is 5.73 Å². The summed E-state index contributed by atoms with van der Waals surface area (Å²) in [5.41, 5.74) is 5.90. The highest BCUT2D eigenvalue weighted by Gasteiger charge is 2.32. The molecular formula is C14H26N6. The third kappa shape index (κ3) is 2.73. The fourth-order valence-corrected chi connectivity index (χ4v) is 3.19. The zero-order chi connectivity index (χ0) is 14.1. The molecule has 0 atom stereocenters. The van der Waals surface area contributed by atoms with Gasteiger partial charge in [0.1, 0.15) is 11.6 Å². The first-order chi connectivity index (χ1) is 9.67. The predicted molar refractivity (Wildman–Crippen MR) is 78.4 cm³/mol. The maximum atomic E-state index is 5.90. The highest BCUT2D eigenvalue weighted by atomic mass is 15.3. The van der Waals surface area contributed by atoms with Gasteiger partial charge in [-0.2, -0.15) is 0 Å². The number of piperazine rings is 1. The van der Waals surface area contributed by atoms with Crippen LogP contribution in [-0.4, -0.2) is 63.8 Å². The highest BCUT2D eigenvalue weighted by Crippen LogP contribution is 2.34. The Kier molecular flexibility index (Phi) is 4.05. The van der Waals surface area contributed by atoms with E-state index in [0.717, 1.165) is 63.8 Å². The number of hydrogen-bond donors (Lipinski definition) is 1. The van der Waals surface area contributed by atoms with Gasteiger partial charge in [0.15, 0.2) is 0 Å². The molecule has 3 rings (SSSR count). The molecule has 1 saturated carbocycles. The van der Waals surface area contributed by atoms with E-state index >= 15 is 0 Å². The molecule has 1 aliphatic carbocycles. The van der Waals surface area contributed by atoms with Crippen LogP contribution in [0.4, 0.5) is 0 Å². The van der Waals surface area contributed by atoms with Crippen molar-refractivity contribution in [2.75, 3.05) is 33.2 Å². The molecule has 112 valence electrons. The first-order valence-electron chi connectivity index (χ1n) is 7.75. The van der Waals surface area contributed by atoms with Crippen LogP contribution >= 0.6 is 0 Å². The normalized spacial score (nSPS) is 28.6. The Morgan fingerprint density at radius 3 is 2.45 bits per heavy atom. The lowest BCUT2D eigenvalue weighted by Crippen LogP contribution is -2.44. The van der Waals surface area contributed by atoms with Gasteiger partial charge in [-0.3, -0.25) is 4.90 Å². The van der Waals surface area contributed by atoms with Crippen molar-refractivity contribution in [1.29, 1.82) is 0 Å². The van der Waals surface area contributed by atoms with Crippen molar-refractivity contribution in [3.8, 4) is 0 Å². The molecule has 1 aliphatic heterocycles. The summed E-state index contributed by atoms with van der Waals surface area (Å²) in [6.07, 6.45) is 2.12. The first kappa shape index (κ1) is 14.0. The summed E-state index contributed by atoms with van der Waals surface area (Å²) in [5, 5.41) is 8.89. The molecule has 6 nitrogen and oxygen atoms in total. The van der Waals surface area contributed by atoms with E-state index in [1.165, 1.54) is 0 Å². The molecule has 0 unspecified atom stereocenters. The number of nitrogens with zero attached hydrogens (tertiary/aromatic N) is 5. The zero-order valence-corrected chi connectivity index (χ0v) is 12.6. The van der Waals surface area contributed by atoms with E-state index in [2.05, 4.69) is 38.5 Å². The molecule has 1 aromatic rings. The van der Waals surface area contributed by atoms with Gasteiger partial charge >= 0.3 is 0 Å². The summed E-state index contributed by atoms with van der Waals surface area (Å²) in [5.74, 6) is 2.80. The second kappa shape index (κ2) is 5.79. The van der Waals surface area contributed by atoms with Crippen molar-refractivity contribution in [3.63, 3.8) is 0 Å². The Balaban J connectivity index is 1.67. The Labute approximate surface area is 120 Å². The average Bonchev–Trinajstić information content (AvgIpc) is 2.80. The zero-order valence-electron chi connectivity index (χ0n) is 12.6. The SMILES string of the molecule is CCn1c(CN2CCN(C)CC2)nnc1C1CC(N)C1. The van der Waals surface area contributed by atoms with Gasteiger partial charge < -0.3 is 15.2 Å². The molecular weight excluding hydrogens is 252 g/mol. The van der Waals surface area contributed by atoms with E-state index in [9.17, 15) is 0 Å². The predicted octanol–water partition coefficient (Wildman–Crippen LogP) is 0.250. The lowest BCUT2D eigenvalue weighted by molar-refractivity contribution is 0.144. The fourth-order valence-electron chi connectivity index (χ4n) is 3.19. The number of hydrogen-bond acceptors (Lipinski definition) is 5. The number of rotatable bonds is 4. The maximum absolute atomic E-state index is 5.90. The summed E-state index contributed by atoms with van der Waals surface area (Å²) >= 11 is 0. The van der Waals surface area contributed by atoms with Crippen LogP contribution in [0.5, 0.6) is 0 Å². The summed E-state index contributed by atoms with van der Waals surface area (Å²) in [4.78, 5) is 4.86. The molecule has 20 heavy (non-hydrogen) atoms. The molecule has 0 aromatic carbocycles.